The quantitative estimate of drug-likeness (QED) is 0.781. The standard InChI is InChI=1S/C18H19BrN2O2/c19-15-9-5-4-8-14(15)12-16(18(20)23)21-17(22)11-10-13-6-2-1-3-7-13/h1-9,16H,10-12H2,(H2,20,23)(H,21,22)/t16-/m1/s1. The third-order valence-electron chi connectivity index (χ3n) is 3.54. The van der Waals surface area contributed by atoms with Crippen molar-refractivity contribution in [3.63, 3.8) is 0 Å². The molecule has 0 unspecified atom stereocenters. The lowest BCUT2D eigenvalue weighted by Crippen LogP contribution is -2.46. The molecule has 2 aromatic carbocycles. The van der Waals surface area contributed by atoms with Crippen LogP contribution in [-0.4, -0.2) is 17.9 Å². The monoisotopic (exact) mass is 374 g/mol. The van der Waals surface area contributed by atoms with Crippen molar-refractivity contribution in [2.45, 2.75) is 25.3 Å². The summed E-state index contributed by atoms with van der Waals surface area (Å²) >= 11 is 3.44. The summed E-state index contributed by atoms with van der Waals surface area (Å²) in [7, 11) is 0. The van der Waals surface area contributed by atoms with E-state index in [1.165, 1.54) is 0 Å². The predicted octanol–water partition coefficient (Wildman–Crippen LogP) is 2.59. The molecule has 0 fully saturated rings. The zero-order valence-electron chi connectivity index (χ0n) is 12.7. The number of hydrogen-bond acceptors (Lipinski definition) is 2. The highest BCUT2D eigenvalue weighted by Crippen LogP contribution is 2.17. The van der Waals surface area contributed by atoms with Crippen molar-refractivity contribution in [1.82, 2.24) is 5.32 Å². The number of halogens is 1. The summed E-state index contributed by atoms with van der Waals surface area (Å²) in [5, 5.41) is 2.73. The number of hydrogen-bond donors (Lipinski definition) is 2. The van der Waals surface area contributed by atoms with Gasteiger partial charge in [-0.3, -0.25) is 9.59 Å². The molecule has 0 spiro atoms. The minimum absolute atomic E-state index is 0.176. The van der Waals surface area contributed by atoms with E-state index in [0.717, 1.165) is 15.6 Å². The Balaban J connectivity index is 1.92. The van der Waals surface area contributed by atoms with Gasteiger partial charge in [-0.15, -0.1) is 0 Å². The number of rotatable bonds is 7. The van der Waals surface area contributed by atoms with Crippen LogP contribution in [0, 0.1) is 0 Å². The maximum Gasteiger partial charge on any atom is 0.240 e. The molecule has 0 heterocycles. The van der Waals surface area contributed by atoms with Crippen molar-refractivity contribution >= 4 is 27.7 Å². The van der Waals surface area contributed by atoms with Crippen LogP contribution < -0.4 is 11.1 Å². The van der Waals surface area contributed by atoms with Crippen LogP contribution in [0.25, 0.3) is 0 Å². The second-order valence-electron chi connectivity index (χ2n) is 5.30. The summed E-state index contributed by atoms with van der Waals surface area (Å²) in [6.07, 6.45) is 1.32. The number of carbonyl (C=O) groups excluding carboxylic acids is 2. The Labute approximate surface area is 144 Å². The highest BCUT2D eigenvalue weighted by atomic mass is 79.9. The lowest BCUT2D eigenvalue weighted by atomic mass is 10.0. The molecule has 0 aliphatic carbocycles. The van der Waals surface area contributed by atoms with E-state index in [9.17, 15) is 9.59 Å². The van der Waals surface area contributed by atoms with Gasteiger partial charge in [0.05, 0.1) is 0 Å². The first kappa shape index (κ1) is 17.2. The van der Waals surface area contributed by atoms with E-state index >= 15 is 0 Å². The van der Waals surface area contributed by atoms with Crippen molar-refractivity contribution in [1.29, 1.82) is 0 Å². The topological polar surface area (TPSA) is 72.2 Å². The summed E-state index contributed by atoms with van der Waals surface area (Å²) in [6, 6.07) is 16.6. The van der Waals surface area contributed by atoms with Crippen molar-refractivity contribution in [3.05, 3.63) is 70.2 Å². The normalized spacial score (nSPS) is 11.7. The van der Waals surface area contributed by atoms with Gasteiger partial charge in [0.2, 0.25) is 11.8 Å². The molecule has 0 aliphatic rings. The molecule has 0 radical (unpaired) electrons. The molecule has 120 valence electrons. The van der Waals surface area contributed by atoms with E-state index in [-0.39, 0.29) is 5.91 Å². The fraction of sp³-hybridized carbons (Fsp3) is 0.222. The van der Waals surface area contributed by atoms with Crippen LogP contribution >= 0.6 is 15.9 Å². The molecular weight excluding hydrogens is 356 g/mol. The van der Waals surface area contributed by atoms with E-state index in [2.05, 4.69) is 21.2 Å². The van der Waals surface area contributed by atoms with E-state index in [0.29, 0.717) is 19.3 Å². The molecule has 2 aromatic rings. The van der Waals surface area contributed by atoms with Crippen LogP contribution in [0.3, 0.4) is 0 Å². The summed E-state index contributed by atoms with van der Waals surface area (Å²) in [5.41, 5.74) is 7.44. The first-order valence-electron chi connectivity index (χ1n) is 7.42. The average Bonchev–Trinajstić information content (AvgIpc) is 2.55. The molecule has 0 saturated heterocycles. The Hall–Kier alpha value is -2.14. The largest absolute Gasteiger partial charge is 0.368 e. The lowest BCUT2D eigenvalue weighted by molar-refractivity contribution is -0.127. The first-order chi connectivity index (χ1) is 11.1. The van der Waals surface area contributed by atoms with Crippen LogP contribution in [0.15, 0.2) is 59.1 Å². The van der Waals surface area contributed by atoms with Crippen LogP contribution in [-0.2, 0) is 22.4 Å². The van der Waals surface area contributed by atoms with Gasteiger partial charge >= 0.3 is 0 Å². The van der Waals surface area contributed by atoms with Gasteiger partial charge in [-0.1, -0.05) is 64.5 Å². The molecule has 5 heteroatoms. The van der Waals surface area contributed by atoms with E-state index in [4.69, 9.17) is 5.73 Å². The summed E-state index contributed by atoms with van der Waals surface area (Å²) in [6.45, 7) is 0. The molecule has 4 nitrogen and oxygen atoms in total. The Morgan fingerprint density at radius 2 is 1.70 bits per heavy atom. The van der Waals surface area contributed by atoms with Crippen LogP contribution in [0.5, 0.6) is 0 Å². The first-order valence-corrected chi connectivity index (χ1v) is 8.21. The third kappa shape index (κ3) is 5.53. The third-order valence-corrected chi connectivity index (χ3v) is 4.32. The van der Waals surface area contributed by atoms with Gasteiger partial charge in [0, 0.05) is 17.3 Å². The SMILES string of the molecule is NC(=O)[C@@H](Cc1ccccc1Br)NC(=O)CCc1ccccc1. The second-order valence-corrected chi connectivity index (χ2v) is 6.16. The fourth-order valence-corrected chi connectivity index (χ4v) is 2.72. The molecule has 23 heavy (non-hydrogen) atoms. The highest BCUT2D eigenvalue weighted by molar-refractivity contribution is 9.10. The van der Waals surface area contributed by atoms with E-state index in [1.807, 2.05) is 54.6 Å². The van der Waals surface area contributed by atoms with Crippen molar-refractivity contribution in [3.8, 4) is 0 Å². The second kappa shape index (κ2) is 8.48. The highest BCUT2D eigenvalue weighted by Gasteiger charge is 2.19. The van der Waals surface area contributed by atoms with Gasteiger partial charge in [-0.05, 0) is 23.6 Å². The summed E-state index contributed by atoms with van der Waals surface area (Å²) < 4.78 is 0.893. The summed E-state index contributed by atoms with van der Waals surface area (Å²) in [4.78, 5) is 23.7. The molecule has 2 amide bonds. The number of benzene rings is 2. The van der Waals surface area contributed by atoms with Gasteiger partial charge in [0.1, 0.15) is 6.04 Å². The minimum Gasteiger partial charge on any atom is -0.368 e. The predicted molar refractivity (Wildman–Crippen MR) is 93.7 cm³/mol. The molecule has 3 N–H and O–H groups in total. The molecule has 1 atom stereocenters. The number of amides is 2. The number of nitrogens with two attached hydrogens (primary N) is 1. The maximum atomic E-state index is 12.1. The maximum absolute atomic E-state index is 12.1. The van der Waals surface area contributed by atoms with Crippen LogP contribution in [0.4, 0.5) is 0 Å². The van der Waals surface area contributed by atoms with Crippen LogP contribution in [0.1, 0.15) is 17.5 Å². The molecule has 0 bridgehead atoms. The molecule has 2 rings (SSSR count). The Bertz CT molecular complexity index is 674. The van der Waals surface area contributed by atoms with Gasteiger partial charge in [0.15, 0.2) is 0 Å². The van der Waals surface area contributed by atoms with Gasteiger partial charge in [0.25, 0.3) is 0 Å². The zero-order valence-corrected chi connectivity index (χ0v) is 14.3. The van der Waals surface area contributed by atoms with Gasteiger partial charge < -0.3 is 11.1 Å². The van der Waals surface area contributed by atoms with Gasteiger partial charge in [-0.2, -0.15) is 0 Å². The Morgan fingerprint density at radius 3 is 2.35 bits per heavy atom. The zero-order chi connectivity index (χ0) is 16.7. The van der Waals surface area contributed by atoms with Gasteiger partial charge in [-0.25, -0.2) is 0 Å². The van der Waals surface area contributed by atoms with E-state index < -0.39 is 11.9 Å². The minimum atomic E-state index is -0.711. The van der Waals surface area contributed by atoms with Crippen LogP contribution in [0.2, 0.25) is 0 Å². The van der Waals surface area contributed by atoms with E-state index in [1.54, 1.807) is 0 Å². The Kier molecular flexibility index (Phi) is 6.35. The number of carbonyl (C=O) groups is 2. The number of nitrogens with one attached hydrogen (secondary N) is 1. The number of aryl methyl sites for hydroxylation is 1. The lowest BCUT2D eigenvalue weighted by Gasteiger charge is -2.16. The molecule has 0 aromatic heterocycles. The summed E-state index contributed by atoms with van der Waals surface area (Å²) in [5.74, 6) is -0.710. The smallest absolute Gasteiger partial charge is 0.240 e. The molecular formula is C18H19BrN2O2. The molecule has 0 aliphatic heterocycles. The average molecular weight is 375 g/mol. The van der Waals surface area contributed by atoms with Crippen molar-refractivity contribution in [2.24, 2.45) is 5.73 Å². The molecule has 0 saturated carbocycles. The van der Waals surface area contributed by atoms with Crippen molar-refractivity contribution < 1.29 is 9.59 Å². The Morgan fingerprint density at radius 1 is 1.04 bits per heavy atom. The fourth-order valence-electron chi connectivity index (χ4n) is 2.28. The van der Waals surface area contributed by atoms with Crippen molar-refractivity contribution in [2.75, 3.05) is 0 Å². The number of primary amides is 1.